The molecule has 0 bridgehead atoms. The molecule has 6 heteroatoms. The highest BCUT2D eigenvalue weighted by molar-refractivity contribution is 7.16. The van der Waals surface area contributed by atoms with Gasteiger partial charge in [-0.25, -0.2) is 4.99 Å². The second-order valence-corrected chi connectivity index (χ2v) is 11.2. The van der Waals surface area contributed by atoms with E-state index in [9.17, 15) is 4.79 Å². The Hall–Kier alpha value is -2.63. The van der Waals surface area contributed by atoms with Crippen LogP contribution in [-0.4, -0.2) is 18.7 Å². The summed E-state index contributed by atoms with van der Waals surface area (Å²) in [6.07, 6.45) is 4.78. The standard InChI is InChI=1S/C28H31ClN2O2S/c1-5-33-22-12-9-18(10-13-22)17-30-27-25(26(32)31-21-8-6-7-20(29)16-21)23-14-11-19(28(2,3)4)15-24(23)34-27/h6-10,12-13,16-17,19H,5,11,14-15H2,1-4H3,(H,31,32). The highest BCUT2D eigenvalue weighted by Gasteiger charge is 2.33. The molecule has 0 saturated carbocycles. The van der Waals surface area contributed by atoms with Gasteiger partial charge in [0.2, 0.25) is 0 Å². The molecule has 1 aliphatic rings. The van der Waals surface area contributed by atoms with Crippen LogP contribution in [0.2, 0.25) is 5.02 Å². The van der Waals surface area contributed by atoms with E-state index in [0.717, 1.165) is 41.1 Å². The Morgan fingerprint density at radius 3 is 2.68 bits per heavy atom. The zero-order valence-electron chi connectivity index (χ0n) is 20.2. The van der Waals surface area contributed by atoms with E-state index in [4.69, 9.17) is 21.3 Å². The van der Waals surface area contributed by atoms with E-state index in [1.54, 1.807) is 23.5 Å². The molecule has 0 spiro atoms. The largest absolute Gasteiger partial charge is 0.494 e. The number of carbonyl (C=O) groups is 1. The van der Waals surface area contributed by atoms with E-state index < -0.39 is 0 Å². The highest BCUT2D eigenvalue weighted by atomic mass is 35.5. The van der Waals surface area contributed by atoms with Gasteiger partial charge in [0.05, 0.1) is 12.2 Å². The van der Waals surface area contributed by atoms with Crippen LogP contribution < -0.4 is 10.1 Å². The van der Waals surface area contributed by atoms with Crippen molar-refractivity contribution in [2.24, 2.45) is 16.3 Å². The number of amides is 1. The minimum atomic E-state index is -0.132. The zero-order chi connectivity index (χ0) is 24.3. The average molecular weight is 495 g/mol. The lowest BCUT2D eigenvalue weighted by Gasteiger charge is -2.33. The van der Waals surface area contributed by atoms with Gasteiger partial charge in [0, 0.05) is 21.8 Å². The summed E-state index contributed by atoms with van der Waals surface area (Å²) in [6, 6.07) is 15.1. The molecule has 1 unspecified atom stereocenters. The molecule has 0 saturated heterocycles. The Kier molecular flexibility index (Phi) is 7.44. The van der Waals surface area contributed by atoms with Crippen molar-refractivity contribution in [1.29, 1.82) is 0 Å². The van der Waals surface area contributed by atoms with Gasteiger partial charge in [-0.1, -0.05) is 38.4 Å². The van der Waals surface area contributed by atoms with Crippen molar-refractivity contribution in [2.45, 2.75) is 47.0 Å². The molecule has 1 heterocycles. The van der Waals surface area contributed by atoms with E-state index >= 15 is 0 Å². The maximum Gasteiger partial charge on any atom is 0.259 e. The van der Waals surface area contributed by atoms with Crippen LogP contribution in [0.15, 0.2) is 53.5 Å². The molecule has 1 atom stereocenters. The van der Waals surface area contributed by atoms with Crippen LogP contribution in [0.4, 0.5) is 10.7 Å². The molecule has 1 amide bonds. The molecular weight excluding hydrogens is 464 g/mol. The van der Waals surface area contributed by atoms with E-state index in [-0.39, 0.29) is 11.3 Å². The molecule has 1 N–H and O–H groups in total. The molecule has 34 heavy (non-hydrogen) atoms. The SMILES string of the molecule is CCOc1ccc(C=Nc2sc3c(c2C(=O)Nc2cccc(Cl)c2)CCC(C(C)(C)C)C3)cc1. The predicted molar refractivity (Wildman–Crippen MR) is 144 cm³/mol. The summed E-state index contributed by atoms with van der Waals surface area (Å²) < 4.78 is 5.53. The number of hydrogen-bond acceptors (Lipinski definition) is 4. The fraction of sp³-hybridized carbons (Fsp3) is 0.357. The van der Waals surface area contributed by atoms with Crippen LogP contribution in [-0.2, 0) is 12.8 Å². The average Bonchev–Trinajstić information content (AvgIpc) is 3.16. The summed E-state index contributed by atoms with van der Waals surface area (Å²) in [4.78, 5) is 19.5. The number of ether oxygens (including phenoxy) is 1. The van der Waals surface area contributed by atoms with Crippen molar-refractivity contribution < 1.29 is 9.53 Å². The van der Waals surface area contributed by atoms with Crippen LogP contribution in [0.3, 0.4) is 0 Å². The van der Waals surface area contributed by atoms with Crippen molar-refractivity contribution in [3.05, 3.63) is 75.1 Å². The molecule has 0 radical (unpaired) electrons. The van der Waals surface area contributed by atoms with Gasteiger partial charge in [0.1, 0.15) is 10.8 Å². The van der Waals surface area contributed by atoms with Crippen LogP contribution in [0.25, 0.3) is 0 Å². The summed E-state index contributed by atoms with van der Waals surface area (Å²) in [7, 11) is 0. The van der Waals surface area contributed by atoms with E-state index in [1.807, 2.05) is 49.5 Å². The van der Waals surface area contributed by atoms with Crippen molar-refractivity contribution in [1.82, 2.24) is 0 Å². The topological polar surface area (TPSA) is 50.7 Å². The van der Waals surface area contributed by atoms with E-state index in [0.29, 0.717) is 28.8 Å². The van der Waals surface area contributed by atoms with Crippen molar-refractivity contribution in [2.75, 3.05) is 11.9 Å². The minimum absolute atomic E-state index is 0.132. The predicted octanol–water partition coefficient (Wildman–Crippen LogP) is 7.95. The summed E-state index contributed by atoms with van der Waals surface area (Å²) in [6.45, 7) is 9.50. The lowest BCUT2D eigenvalue weighted by atomic mass is 9.72. The van der Waals surface area contributed by atoms with Crippen LogP contribution >= 0.6 is 22.9 Å². The third-order valence-electron chi connectivity index (χ3n) is 6.30. The van der Waals surface area contributed by atoms with Crippen LogP contribution in [0.5, 0.6) is 5.75 Å². The molecule has 1 aliphatic carbocycles. The number of carbonyl (C=O) groups excluding carboxylic acids is 1. The summed E-state index contributed by atoms with van der Waals surface area (Å²) in [5, 5.41) is 4.38. The van der Waals surface area contributed by atoms with Crippen molar-refractivity contribution in [3.63, 3.8) is 0 Å². The molecule has 4 nitrogen and oxygen atoms in total. The van der Waals surface area contributed by atoms with Gasteiger partial charge in [-0.3, -0.25) is 4.79 Å². The first-order valence-electron chi connectivity index (χ1n) is 11.7. The third kappa shape index (κ3) is 5.70. The zero-order valence-corrected chi connectivity index (χ0v) is 21.7. The summed E-state index contributed by atoms with van der Waals surface area (Å²) in [5.41, 5.74) is 3.71. The lowest BCUT2D eigenvalue weighted by molar-refractivity contribution is 0.102. The first kappa shape index (κ1) is 24.5. The molecular formula is C28H31ClN2O2S. The van der Waals surface area contributed by atoms with Crippen LogP contribution in [0.1, 0.15) is 60.5 Å². The number of halogens is 1. The number of nitrogens with one attached hydrogen (secondary N) is 1. The van der Waals surface area contributed by atoms with E-state index in [1.165, 1.54) is 4.88 Å². The molecule has 2 aromatic carbocycles. The molecule has 3 aromatic rings. The normalized spacial score (nSPS) is 15.9. The monoisotopic (exact) mass is 494 g/mol. The number of fused-ring (bicyclic) bond motifs is 1. The van der Waals surface area contributed by atoms with E-state index in [2.05, 4.69) is 26.1 Å². The molecule has 0 fully saturated rings. The van der Waals surface area contributed by atoms with Gasteiger partial charge >= 0.3 is 0 Å². The lowest BCUT2D eigenvalue weighted by Crippen LogP contribution is -2.27. The Bertz CT molecular complexity index is 1190. The van der Waals surface area contributed by atoms with Gasteiger partial charge in [-0.2, -0.15) is 0 Å². The molecule has 1 aromatic heterocycles. The third-order valence-corrected chi connectivity index (χ3v) is 7.70. The van der Waals surface area contributed by atoms with Crippen molar-refractivity contribution in [3.8, 4) is 5.75 Å². The van der Waals surface area contributed by atoms with Gasteiger partial charge in [0.25, 0.3) is 5.91 Å². The Balaban J connectivity index is 1.66. The number of rotatable bonds is 6. The van der Waals surface area contributed by atoms with Gasteiger partial charge < -0.3 is 10.1 Å². The van der Waals surface area contributed by atoms with Crippen molar-refractivity contribution >= 4 is 45.7 Å². The molecule has 4 rings (SSSR count). The van der Waals surface area contributed by atoms with Gasteiger partial charge in [-0.05, 0) is 91.1 Å². The Labute approximate surface area is 211 Å². The number of thiophene rings is 1. The van der Waals surface area contributed by atoms with Gasteiger partial charge in [-0.15, -0.1) is 11.3 Å². The van der Waals surface area contributed by atoms with Gasteiger partial charge in [0.15, 0.2) is 0 Å². The van der Waals surface area contributed by atoms with Crippen LogP contribution in [0, 0.1) is 11.3 Å². The second-order valence-electron chi connectivity index (χ2n) is 9.71. The smallest absolute Gasteiger partial charge is 0.259 e. The number of hydrogen-bond donors (Lipinski definition) is 1. The number of nitrogens with zero attached hydrogens (tertiary/aromatic N) is 1. The fourth-order valence-corrected chi connectivity index (χ4v) is 5.80. The first-order chi connectivity index (χ1) is 16.2. The highest BCUT2D eigenvalue weighted by Crippen LogP contribution is 2.45. The maximum atomic E-state index is 13.4. The molecule has 0 aliphatic heterocycles. The number of anilines is 1. The summed E-state index contributed by atoms with van der Waals surface area (Å²) >= 11 is 7.77. The Morgan fingerprint density at radius 1 is 1.24 bits per heavy atom. The summed E-state index contributed by atoms with van der Waals surface area (Å²) in [5.74, 6) is 1.29. The minimum Gasteiger partial charge on any atom is -0.494 e. The number of aliphatic imine (C=N–C) groups is 1. The quantitative estimate of drug-likeness (QED) is 0.353. The Morgan fingerprint density at radius 2 is 2.00 bits per heavy atom. The maximum absolute atomic E-state index is 13.4. The fourth-order valence-electron chi connectivity index (χ4n) is 4.35. The second kappa shape index (κ2) is 10.3. The number of benzene rings is 2. The first-order valence-corrected chi connectivity index (χ1v) is 12.9. The molecule has 178 valence electrons.